The van der Waals surface area contributed by atoms with Crippen molar-refractivity contribution in [3.05, 3.63) is 23.8 Å². The zero-order valence-corrected chi connectivity index (χ0v) is 16.0. The van der Waals surface area contributed by atoms with Gasteiger partial charge in [-0.25, -0.2) is 0 Å². The number of anilines is 2. The summed E-state index contributed by atoms with van der Waals surface area (Å²) in [5, 5.41) is 3.59. The van der Waals surface area contributed by atoms with E-state index < -0.39 is 0 Å². The van der Waals surface area contributed by atoms with E-state index in [1.807, 2.05) is 0 Å². The van der Waals surface area contributed by atoms with E-state index >= 15 is 0 Å². The summed E-state index contributed by atoms with van der Waals surface area (Å²) in [6.07, 6.45) is 12.9. The summed E-state index contributed by atoms with van der Waals surface area (Å²) in [7, 11) is 0. The fourth-order valence-corrected chi connectivity index (χ4v) is 5.13. The maximum atomic E-state index is 3.59. The van der Waals surface area contributed by atoms with Crippen LogP contribution in [0.2, 0.25) is 0 Å². The average molecular weight is 342 g/mol. The average Bonchev–Trinajstić information content (AvgIpc) is 3.01. The van der Waals surface area contributed by atoms with E-state index in [1.54, 1.807) is 0 Å². The Hall–Kier alpha value is -1.22. The fraction of sp³-hybridized carbons (Fsp3) is 0.727. The van der Waals surface area contributed by atoms with Gasteiger partial charge in [0.05, 0.1) is 18.0 Å². The molecule has 138 valence electrons. The van der Waals surface area contributed by atoms with Gasteiger partial charge in [-0.05, 0) is 56.2 Å². The number of hydrogen-bond acceptors (Lipinski definition) is 3. The number of likely N-dealkylation sites (tertiary alicyclic amines) is 1. The Balaban J connectivity index is 1.29. The maximum Gasteiger partial charge on any atom is 0.0880 e. The lowest BCUT2D eigenvalue weighted by Crippen LogP contribution is -2.46. The lowest BCUT2D eigenvalue weighted by molar-refractivity contribution is 0.168. The summed E-state index contributed by atoms with van der Waals surface area (Å²) in [6.45, 7) is 7.11. The van der Waals surface area contributed by atoms with Crippen LogP contribution in [0.1, 0.15) is 63.4 Å². The van der Waals surface area contributed by atoms with Gasteiger partial charge in [-0.1, -0.05) is 38.2 Å². The van der Waals surface area contributed by atoms with Crippen LogP contribution in [-0.4, -0.2) is 37.2 Å². The Bertz CT molecular complexity index is 554. The highest BCUT2D eigenvalue weighted by Crippen LogP contribution is 2.35. The van der Waals surface area contributed by atoms with E-state index in [1.165, 1.54) is 94.4 Å². The second-order valence-corrected chi connectivity index (χ2v) is 8.57. The molecule has 2 aliphatic heterocycles. The van der Waals surface area contributed by atoms with Gasteiger partial charge in [0, 0.05) is 25.7 Å². The molecule has 0 aromatic heterocycles. The van der Waals surface area contributed by atoms with E-state index in [9.17, 15) is 0 Å². The zero-order valence-electron chi connectivity index (χ0n) is 16.0. The Kier molecular flexibility index (Phi) is 5.50. The SMILES string of the molecule is Cc1ccc2c(c1)NCN2C1CCN(CC2CCCCCCC2)CC1. The fourth-order valence-electron chi connectivity index (χ4n) is 5.13. The largest absolute Gasteiger partial charge is 0.366 e. The first kappa shape index (κ1) is 17.2. The molecule has 2 fully saturated rings. The first-order chi connectivity index (χ1) is 12.3. The molecule has 3 nitrogen and oxygen atoms in total. The number of piperidine rings is 1. The van der Waals surface area contributed by atoms with Crippen LogP contribution in [-0.2, 0) is 0 Å². The third kappa shape index (κ3) is 4.13. The van der Waals surface area contributed by atoms with Gasteiger partial charge >= 0.3 is 0 Å². The molecule has 0 amide bonds. The van der Waals surface area contributed by atoms with Crippen LogP contribution in [0.15, 0.2) is 18.2 Å². The molecule has 25 heavy (non-hydrogen) atoms. The predicted octanol–water partition coefficient (Wildman–Crippen LogP) is 5.01. The molecule has 0 spiro atoms. The van der Waals surface area contributed by atoms with Crippen LogP contribution in [0.25, 0.3) is 0 Å². The van der Waals surface area contributed by atoms with Crippen molar-refractivity contribution in [1.82, 2.24) is 4.90 Å². The zero-order chi connectivity index (χ0) is 17.1. The quantitative estimate of drug-likeness (QED) is 0.834. The van der Waals surface area contributed by atoms with Crippen molar-refractivity contribution in [2.45, 2.75) is 70.8 Å². The van der Waals surface area contributed by atoms with Gasteiger partial charge in [-0.2, -0.15) is 0 Å². The van der Waals surface area contributed by atoms with Crippen molar-refractivity contribution in [1.29, 1.82) is 0 Å². The van der Waals surface area contributed by atoms with Crippen LogP contribution in [0.5, 0.6) is 0 Å². The molecule has 0 unspecified atom stereocenters. The van der Waals surface area contributed by atoms with Crippen molar-refractivity contribution >= 4 is 11.4 Å². The number of rotatable bonds is 3. The molecule has 4 rings (SSSR count). The number of nitrogens with zero attached hydrogens (tertiary/aromatic N) is 2. The monoisotopic (exact) mass is 341 g/mol. The second-order valence-electron chi connectivity index (χ2n) is 8.57. The van der Waals surface area contributed by atoms with E-state index in [0.717, 1.165) is 12.6 Å². The van der Waals surface area contributed by atoms with Crippen molar-refractivity contribution in [2.75, 3.05) is 36.5 Å². The maximum absolute atomic E-state index is 3.59. The van der Waals surface area contributed by atoms with Gasteiger partial charge in [0.2, 0.25) is 0 Å². The molecular formula is C22H35N3. The van der Waals surface area contributed by atoms with Gasteiger partial charge in [-0.15, -0.1) is 0 Å². The highest BCUT2D eigenvalue weighted by Gasteiger charge is 2.29. The molecule has 3 heteroatoms. The molecule has 3 aliphatic rings. The van der Waals surface area contributed by atoms with Crippen LogP contribution in [0.4, 0.5) is 11.4 Å². The molecule has 2 heterocycles. The summed E-state index contributed by atoms with van der Waals surface area (Å²) >= 11 is 0. The van der Waals surface area contributed by atoms with Gasteiger partial charge < -0.3 is 15.1 Å². The van der Waals surface area contributed by atoms with Crippen LogP contribution >= 0.6 is 0 Å². The molecule has 1 aliphatic carbocycles. The van der Waals surface area contributed by atoms with Crippen LogP contribution in [0.3, 0.4) is 0 Å². The normalized spacial score (nSPS) is 23.8. The summed E-state index contributed by atoms with van der Waals surface area (Å²) in [6, 6.07) is 7.57. The topological polar surface area (TPSA) is 18.5 Å². The van der Waals surface area contributed by atoms with Gasteiger partial charge in [0.15, 0.2) is 0 Å². The highest BCUT2D eigenvalue weighted by molar-refractivity contribution is 5.75. The van der Waals surface area contributed by atoms with Crippen molar-refractivity contribution < 1.29 is 0 Å². The van der Waals surface area contributed by atoms with Crippen LogP contribution in [0, 0.1) is 12.8 Å². The molecule has 1 saturated carbocycles. The molecule has 1 N–H and O–H groups in total. The van der Waals surface area contributed by atoms with E-state index in [-0.39, 0.29) is 0 Å². The minimum absolute atomic E-state index is 0.713. The summed E-state index contributed by atoms with van der Waals surface area (Å²) in [5.74, 6) is 0.967. The number of fused-ring (bicyclic) bond motifs is 1. The molecule has 1 aromatic carbocycles. The third-order valence-corrected chi connectivity index (χ3v) is 6.64. The molecular weight excluding hydrogens is 306 g/mol. The Morgan fingerprint density at radius 1 is 0.960 bits per heavy atom. The summed E-state index contributed by atoms with van der Waals surface area (Å²) in [5.41, 5.74) is 4.10. The molecule has 0 atom stereocenters. The number of aryl methyl sites for hydroxylation is 1. The highest BCUT2D eigenvalue weighted by atomic mass is 15.3. The Labute approximate surface area is 153 Å². The molecule has 0 radical (unpaired) electrons. The van der Waals surface area contributed by atoms with Crippen LogP contribution < -0.4 is 10.2 Å². The summed E-state index contributed by atoms with van der Waals surface area (Å²) in [4.78, 5) is 5.38. The first-order valence-corrected chi connectivity index (χ1v) is 10.6. The lowest BCUT2D eigenvalue weighted by atomic mass is 9.90. The van der Waals surface area contributed by atoms with Gasteiger partial charge in [0.25, 0.3) is 0 Å². The van der Waals surface area contributed by atoms with Crippen molar-refractivity contribution in [3.8, 4) is 0 Å². The summed E-state index contributed by atoms with van der Waals surface area (Å²) < 4.78 is 0. The van der Waals surface area contributed by atoms with E-state index in [2.05, 4.69) is 40.2 Å². The molecule has 1 aromatic rings. The minimum Gasteiger partial charge on any atom is -0.366 e. The Morgan fingerprint density at radius 3 is 2.44 bits per heavy atom. The second kappa shape index (κ2) is 7.99. The minimum atomic E-state index is 0.713. The third-order valence-electron chi connectivity index (χ3n) is 6.64. The standard InChI is InChI=1S/C22H35N3/c1-18-9-10-22-21(15-18)23-17-25(22)20-11-13-24(14-12-20)16-19-7-5-3-2-4-6-8-19/h9-10,15,19-20,23H,2-8,11-14,16-17H2,1H3. The van der Waals surface area contributed by atoms with E-state index in [4.69, 9.17) is 0 Å². The van der Waals surface area contributed by atoms with Crippen molar-refractivity contribution in [2.24, 2.45) is 5.92 Å². The molecule has 0 bridgehead atoms. The molecule has 1 saturated heterocycles. The van der Waals surface area contributed by atoms with Gasteiger partial charge in [-0.3, -0.25) is 0 Å². The first-order valence-electron chi connectivity index (χ1n) is 10.6. The lowest BCUT2D eigenvalue weighted by Gasteiger charge is -2.39. The number of benzene rings is 1. The smallest absolute Gasteiger partial charge is 0.0880 e. The van der Waals surface area contributed by atoms with Gasteiger partial charge in [0.1, 0.15) is 0 Å². The van der Waals surface area contributed by atoms with E-state index in [0.29, 0.717) is 6.04 Å². The number of nitrogens with one attached hydrogen (secondary N) is 1. The predicted molar refractivity (Wildman–Crippen MR) is 107 cm³/mol. The van der Waals surface area contributed by atoms with Crippen molar-refractivity contribution in [3.63, 3.8) is 0 Å². The Morgan fingerprint density at radius 2 is 1.68 bits per heavy atom. The number of hydrogen-bond donors (Lipinski definition) is 1.